The molecule has 0 nitrogen and oxygen atoms in total. The van der Waals surface area contributed by atoms with Crippen LogP contribution in [0.2, 0.25) is 0 Å². The van der Waals surface area contributed by atoms with Gasteiger partial charge in [-0.1, -0.05) is 31.9 Å². The third kappa shape index (κ3) is 22.5. The van der Waals surface area contributed by atoms with Gasteiger partial charge in [-0.25, -0.2) is 0 Å². The molecule has 0 N–H and O–H groups in total. The highest BCUT2D eigenvalue weighted by molar-refractivity contribution is 9.09. The molecule has 0 rings (SSSR count). The maximum atomic E-state index is 5.49. The molecule has 4 heteroatoms. The van der Waals surface area contributed by atoms with Gasteiger partial charge in [-0.3, -0.25) is 0 Å². The number of hydrogen-bond donors (Lipinski definition) is 0. The van der Waals surface area contributed by atoms with Crippen LogP contribution in [0.15, 0.2) is 0 Å². The zero-order valence-corrected chi connectivity index (χ0v) is 12.0. The highest BCUT2D eigenvalue weighted by Crippen LogP contribution is 1.99. The highest BCUT2D eigenvalue weighted by Gasteiger charge is 1.89. The minimum atomic E-state index is 0.238. The number of hydrogen-bond acceptors (Lipinski definition) is 0. The second kappa shape index (κ2) is 15.0. The van der Waals surface area contributed by atoms with Crippen molar-refractivity contribution in [3.63, 3.8) is 0 Å². The van der Waals surface area contributed by atoms with Crippen LogP contribution in [0, 0.1) is 0 Å². The van der Waals surface area contributed by atoms with Crippen LogP contribution in [0.3, 0.4) is 0 Å². The topological polar surface area (TPSA) is 0 Å². The van der Waals surface area contributed by atoms with Gasteiger partial charge in [-0.15, -0.1) is 23.2 Å². The molecule has 1 atom stereocenters. The summed E-state index contributed by atoms with van der Waals surface area (Å²) < 4.78 is 0. The molecule has 0 heterocycles. The summed E-state index contributed by atoms with van der Waals surface area (Å²) in [5, 5.41) is 2.51. The summed E-state index contributed by atoms with van der Waals surface area (Å²) in [6, 6.07) is 0. The van der Waals surface area contributed by atoms with Crippen LogP contribution in [0.5, 0.6) is 0 Å². The fourth-order valence-electron chi connectivity index (χ4n) is 0.339. The predicted molar refractivity (Wildman–Crippen MR) is 67.5 cm³/mol. The van der Waals surface area contributed by atoms with Gasteiger partial charge >= 0.3 is 0 Å². The summed E-state index contributed by atoms with van der Waals surface area (Å²) in [5.74, 6) is 0.671. The van der Waals surface area contributed by atoms with Crippen LogP contribution in [-0.4, -0.2) is 21.9 Å². The zero-order chi connectivity index (χ0) is 9.82. The Bertz CT molecular complexity index is 66.1. The third-order valence-electron chi connectivity index (χ3n) is 1.02. The molecule has 1 unspecified atom stereocenters. The first-order valence-electron chi connectivity index (χ1n) is 4.01. The lowest BCUT2D eigenvalue weighted by Crippen LogP contribution is -1.88. The maximum absolute atomic E-state index is 5.49. The highest BCUT2D eigenvalue weighted by atomic mass is 79.9. The van der Waals surface area contributed by atoms with E-state index in [1.807, 2.05) is 6.92 Å². The lowest BCUT2D eigenvalue weighted by atomic mass is 10.4. The first-order valence-corrected chi connectivity index (χ1v) is 7.22. The van der Waals surface area contributed by atoms with Crippen LogP contribution in [0.25, 0.3) is 0 Å². The molecule has 0 saturated carbocycles. The van der Waals surface area contributed by atoms with E-state index in [1.54, 1.807) is 0 Å². The molecule has 0 aromatic rings. The summed E-state index contributed by atoms with van der Waals surface area (Å²) >= 11 is 17.5. The lowest BCUT2D eigenvalue weighted by molar-refractivity contribution is 0.902. The Kier molecular flexibility index (Phi) is 20.0. The Morgan fingerprint density at radius 2 is 1.58 bits per heavy atom. The van der Waals surface area contributed by atoms with E-state index in [2.05, 4.69) is 31.9 Å². The Morgan fingerprint density at radius 3 is 1.67 bits per heavy atom. The van der Waals surface area contributed by atoms with Crippen LogP contribution in [0.4, 0.5) is 0 Å². The van der Waals surface area contributed by atoms with Crippen LogP contribution < -0.4 is 0 Å². The second-order valence-electron chi connectivity index (χ2n) is 2.34. The van der Waals surface area contributed by atoms with Gasteiger partial charge in [0.25, 0.3) is 0 Å². The smallest absolute Gasteiger partial charge is 0.0319 e. The number of alkyl halides is 4. The molecular weight excluding hydrogens is 327 g/mol. The van der Waals surface area contributed by atoms with E-state index in [0.29, 0.717) is 5.88 Å². The molecular formula is C8H16Br2Cl2. The first-order chi connectivity index (χ1) is 5.68. The van der Waals surface area contributed by atoms with Gasteiger partial charge in [0.05, 0.1) is 0 Å². The van der Waals surface area contributed by atoms with Crippen molar-refractivity contribution in [2.45, 2.75) is 31.6 Å². The van der Waals surface area contributed by atoms with E-state index in [0.717, 1.165) is 17.1 Å². The monoisotopic (exact) mass is 340 g/mol. The molecule has 0 aliphatic carbocycles. The van der Waals surface area contributed by atoms with Crippen LogP contribution in [0.1, 0.15) is 26.2 Å². The molecule has 0 amide bonds. The molecule has 0 fully saturated rings. The van der Waals surface area contributed by atoms with E-state index < -0.39 is 0 Å². The molecule has 0 saturated heterocycles. The minimum absolute atomic E-state index is 0.238. The quantitative estimate of drug-likeness (QED) is 0.497. The van der Waals surface area contributed by atoms with Crippen molar-refractivity contribution in [2.24, 2.45) is 0 Å². The van der Waals surface area contributed by atoms with Crippen molar-refractivity contribution in [2.75, 3.05) is 16.5 Å². The van der Waals surface area contributed by atoms with E-state index in [4.69, 9.17) is 23.2 Å². The van der Waals surface area contributed by atoms with Gasteiger partial charge in [-0.05, 0) is 26.2 Å². The summed E-state index contributed by atoms with van der Waals surface area (Å²) in [5.41, 5.74) is 0. The predicted octanol–water partition coefficient (Wildman–Crippen LogP) is 4.80. The van der Waals surface area contributed by atoms with E-state index in [-0.39, 0.29) is 5.38 Å². The van der Waals surface area contributed by atoms with Crippen LogP contribution in [-0.2, 0) is 0 Å². The molecule has 76 valence electrons. The minimum Gasteiger partial charge on any atom is -0.127 e. The Balaban J connectivity index is 0. The summed E-state index contributed by atoms with van der Waals surface area (Å²) in [4.78, 5) is 0. The van der Waals surface area contributed by atoms with Crippen LogP contribution >= 0.6 is 55.1 Å². The van der Waals surface area contributed by atoms with Gasteiger partial charge < -0.3 is 0 Å². The summed E-state index contributed by atoms with van der Waals surface area (Å²) in [6.07, 6.45) is 3.47. The fraction of sp³-hybridized carbons (Fsp3) is 1.00. The average molecular weight is 343 g/mol. The van der Waals surface area contributed by atoms with Crippen molar-refractivity contribution >= 4 is 55.1 Å². The SMILES string of the molecule is BrCCCCBr.CC(Cl)CCCl. The van der Waals surface area contributed by atoms with Crippen molar-refractivity contribution in [1.82, 2.24) is 0 Å². The molecule has 0 aliphatic heterocycles. The average Bonchev–Trinajstić information content (AvgIpc) is 2.02. The van der Waals surface area contributed by atoms with Gasteiger partial charge in [-0.2, -0.15) is 0 Å². The number of halogens is 4. The molecule has 0 radical (unpaired) electrons. The van der Waals surface area contributed by atoms with Crippen molar-refractivity contribution in [3.05, 3.63) is 0 Å². The largest absolute Gasteiger partial charge is 0.127 e. The van der Waals surface area contributed by atoms with Gasteiger partial charge in [0.2, 0.25) is 0 Å². The van der Waals surface area contributed by atoms with Gasteiger partial charge in [0, 0.05) is 21.9 Å². The summed E-state index contributed by atoms with van der Waals surface area (Å²) in [7, 11) is 0. The molecule has 12 heavy (non-hydrogen) atoms. The molecule has 0 aliphatic rings. The van der Waals surface area contributed by atoms with Crippen molar-refractivity contribution < 1.29 is 0 Å². The Hall–Kier alpha value is 1.54. The van der Waals surface area contributed by atoms with Gasteiger partial charge in [0.15, 0.2) is 0 Å². The number of unbranched alkanes of at least 4 members (excludes halogenated alkanes) is 1. The van der Waals surface area contributed by atoms with E-state index >= 15 is 0 Å². The van der Waals surface area contributed by atoms with Crippen molar-refractivity contribution in [1.29, 1.82) is 0 Å². The summed E-state index contributed by atoms with van der Waals surface area (Å²) in [6.45, 7) is 1.93. The second-order valence-corrected chi connectivity index (χ2v) is 5.05. The van der Waals surface area contributed by atoms with E-state index in [9.17, 15) is 0 Å². The fourth-order valence-corrected chi connectivity index (χ4v) is 1.68. The molecule has 0 aromatic heterocycles. The molecule has 0 aromatic carbocycles. The molecule has 0 bridgehead atoms. The lowest BCUT2D eigenvalue weighted by Gasteiger charge is -1.92. The van der Waals surface area contributed by atoms with Crippen molar-refractivity contribution in [3.8, 4) is 0 Å². The first kappa shape index (κ1) is 16.0. The maximum Gasteiger partial charge on any atom is 0.0319 e. The normalized spacial score (nSPS) is 11.8. The third-order valence-corrected chi connectivity index (χ3v) is 2.58. The van der Waals surface area contributed by atoms with Gasteiger partial charge in [0.1, 0.15) is 0 Å². The Labute approximate surface area is 103 Å². The standard InChI is InChI=1S/C4H8Br2.C4H8Cl2/c5-3-1-2-4-6;1-4(6)2-3-5/h1-4H2;4H,2-3H2,1H3. The molecule has 0 spiro atoms. The Morgan fingerprint density at radius 1 is 1.17 bits per heavy atom. The van der Waals surface area contributed by atoms with E-state index in [1.165, 1.54) is 12.8 Å². The zero-order valence-electron chi connectivity index (χ0n) is 7.33. The number of rotatable bonds is 5.